The lowest BCUT2D eigenvalue weighted by Crippen LogP contribution is -2.19. The highest BCUT2D eigenvalue weighted by molar-refractivity contribution is 5.92. The maximum atomic E-state index is 11.4. The van der Waals surface area contributed by atoms with Gasteiger partial charge in [0.25, 0.3) is 5.91 Å². The first-order chi connectivity index (χ1) is 12.2. The number of nitrogens with one attached hydrogen (secondary N) is 1. The van der Waals surface area contributed by atoms with Crippen molar-refractivity contribution in [3.8, 4) is 34.8 Å². The summed E-state index contributed by atoms with van der Waals surface area (Å²) < 4.78 is 0. The van der Waals surface area contributed by atoms with E-state index in [1.165, 1.54) is 6.20 Å². The van der Waals surface area contributed by atoms with Crippen molar-refractivity contribution in [2.75, 3.05) is 6.61 Å². The van der Waals surface area contributed by atoms with E-state index < -0.39 is 5.91 Å². The van der Waals surface area contributed by atoms with Crippen LogP contribution >= 0.6 is 0 Å². The number of aliphatic hydroxyl groups excluding tert-OH is 1. The highest BCUT2D eigenvalue weighted by atomic mass is 16.5. The number of nitrogens with zero attached hydrogens (tertiary/aromatic N) is 1. The van der Waals surface area contributed by atoms with Crippen molar-refractivity contribution in [2.24, 2.45) is 11.8 Å². The zero-order chi connectivity index (χ0) is 17.6. The molecule has 1 aliphatic rings. The van der Waals surface area contributed by atoms with Crippen LogP contribution in [0, 0.1) is 35.5 Å². The van der Waals surface area contributed by atoms with E-state index in [0.29, 0.717) is 11.8 Å². The Morgan fingerprint density at radius 1 is 1.20 bits per heavy atom. The number of benzene rings is 1. The largest absolute Gasteiger partial charge is 0.396 e. The topological polar surface area (TPSA) is 82.5 Å². The van der Waals surface area contributed by atoms with Crippen molar-refractivity contribution in [1.82, 2.24) is 10.5 Å². The van der Waals surface area contributed by atoms with E-state index in [1.807, 2.05) is 24.3 Å². The van der Waals surface area contributed by atoms with Crippen LogP contribution in [0.4, 0.5) is 0 Å². The van der Waals surface area contributed by atoms with E-state index in [2.05, 4.69) is 28.7 Å². The average Bonchev–Trinajstić information content (AvgIpc) is 3.44. The van der Waals surface area contributed by atoms with Crippen LogP contribution in [-0.2, 0) is 0 Å². The molecule has 0 unspecified atom stereocenters. The minimum atomic E-state index is -0.651. The number of aliphatic hydroxyl groups is 1. The lowest BCUT2D eigenvalue weighted by Gasteiger charge is -2.04. The third kappa shape index (κ3) is 4.24. The predicted molar refractivity (Wildman–Crippen MR) is 92.3 cm³/mol. The number of rotatable bonds is 3. The maximum absolute atomic E-state index is 11.4. The van der Waals surface area contributed by atoms with Gasteiger partial charge in [-0.3, -0.25) is 15.0 Å². The Morgan fingerprint density at radius 3 is 2.68 bits per heavy atom. The summed E-state index contributed by atoms with van der Waals surface area (Å²) in [5.41, 5.74) is 4.28. The molecule has 5 heteroatoms. The van der Waals surface area contributed by atoms with Gasteiger partial charge in [0.1, 0.15) is 5.69 Å². The normalized spacial score (nSPS) is 17.5. The van der Waals surface area contributed by atoms with Gasteiger partial charge in [0.05, 0.1) is 0 Å². The molecule has 1 aliphatic carbocycles. The molecule has 1 fully saturated rings. The maximum Gasteiger partial charge on any atom is 0.293 e. The molecule has 0 radical (unpaired) electrons. The zero-order valence-corrected chi connectivity index (χ0v) is 13.4. The summed E-state index contributed by atoms with van der Waals surface area (Å²) in [4.78, 5) is 15.3. The molecule has 0 bridgehead atoms. The van der Waals surface area contributed by atoms with E-state index in [-0.39, 0.29) is 12.3 Å². The SMILES string of the molecule is O=C(NO)c1cc(-c2ccc(C#CC#C[C@@H]3C[C@H]3CO)cc2)ccn1. The molecule has 124 valence electrons. The minimum absolute atomic E-state index is 0.139. The first kappa shape index (κ1) is 16.7. The van der Waals surface area contributed by atoms with Gasteiger partial charge >= 0.3 is 0 Å². The van der Waals surface area contributed by atoms with Crippen LogP contribution < -0.4 is 5.48 Å². The second-order valence-corrected chi connectivity index (χ2v) is 5.75. The summed E-state index contributed by atoms with van der Waals surface area (Å²) in [6.07, 6.45) is 2.48. The van der Waals surface area contributed by atoms with Crippen LogP contribution in [0.25, 0.3) is 11.1 Å². The van der Waals surface area contributed by atoms with Gasteiger partial charge in [0, 0.05) is 24.3 Å². The molecule has 25 heavy (non-hydrogen) atoms. The molecule has 2 atom stereocenters. The number of carbonyl (C=O) groups is 1. The molecule has 3 N–H and O–H groups in total. The smallest absolute Gasteiger partial charge is 0.293 e. The van der Waals surface area contributed by atoms with Crippen molar-refractivity contribution in [3.63, 3.8) is 0 Å². The van der Waals surface area contributed by atoms with Crippen LogP contribution in [-0.4, -0.2) is 27.8 Å². The average molecular weight is 332 g/mol. The Hall–Kier alpha value is -3.12. The third-order valence-electron chi connectivity index (χ3n) is 4.00. The highest BCUT2D eigenvalue weighted by Gasteiger charge is 2.34. The Bertz CT molecular complexity index is 898. The van der Waals surface area contributed by atoms with Crippen LogP contribution in [0.1, 0.15) is 22.5 Å². The summed E-state index contributed by atoms with van der Waals surface area (Å²) in [7, 11) is 0. The van der Waals surface area contributed by atoms with Crippen molar-refractivity contribution in [1.29, 1.82) is 0 Å². The fraction of sp³-hybridized carbons (Fsp3) is 0.200. The number of hydroxylamine groups is 1. The highest BCUT2D eigenvalue weighted by Crippen LogP contribution is 2.36. The minimum Gasteiger partial charge on any atom is -0.396 e. The number of hydrogen-bond acceptors (Lipinski definition) is 4. The van der Waals surface area contributed by atoms with Gasteiger partial charge in [0.2, 0.25) is 0 Å². The number of hydrogen-bond donors (Lipinski definition) is 3. The van der Waals surface area contributed by atoms with E-state index in [9.17, 15) is 4.79 Å². The molecule has 3 rings (SSSR count). The van der Waals surface area contributed by atoms with E-state index in [1.54, 1.807) is 17.6 Å². The van der Waals surface area contributed by atoms with Gasteiger partial charge in [-0.2, -0.15) is 0 Å². The fourth-order valence-electron chi connectivity index (χ4n) is 2.40. The van der Waals surface area contributed by atoms with Gasteiger partial charge in [-0.15, -0.1) is 0 Å². The number of carbonyl (C=O) groups excluding carboxylic acids is 1. The molecular weight excluding hydrogens is 316 g/mol. The van der Waals surface area contributed by atoms with Crippen LogP contribution in [0.3, 0.4) is 0 Å². The Kier molecular flexibility index (Phi) is 5.11. The molecule has 1 amide bonds. The number of aromatic nitrogens is 1. The van der Waals surface area contributed by atoms with Gasteiger partial charge in [-0.05, 0) is 59.6 Å². The molecule has 1 aromatic heterocycles. The number of amides is 1. The summed E-state index contributed by atoms with van der Waals surface area (Å²) in [5.74, 6) is 11.6. The second-order valence-electron chi connectivity index (χ2n) is 5.75. The molecular formula is C20H16N2O3. The van der Waals surface area contributed by atoms with Gasteiger partial charge in [0.15, 0.2) is 0 Å². The Balaban J connectivity index is 1.70. The lowest BCUT2D eigenvalue weighted by molar-refractivity contribution is 0.0701. The Morgan fingerprint density at radius 2 is 2.00 bits per heavy atom. The number of pyridine rings is 1. The molecule has 1 saturated carbocycles. The van der Waals surface area contributed by atoms with Crippen LogP contribution in [0.5, 0.6) is 0 Å². The quantitative estimate of drug-likeness (QED) is 0.455. The van der Waals surface area contributed by atoms with E-state index >= 15 is 0 Å². The molecule has 0 spiro atoms. The summed E-state index contributed by atoms with van der Waals surface area (Å²) in [5, 5.41) is 17.6. The summed E-state index contributed by atoms with van der Waals surface area (Å²) in [6, 6.07) is 10.9. The monoisotopic (exact) mass is 332 g/mol. The van der Waals surface area contributed by atoms with Gasteiger partial charge < -0.3 is 5.11 Å². The summed E-state index contributed by atoms with van der Waals surface area (Å²) in [6.45, 7) is 0.199. The predicted octanol–water partition coefficient (Wildman–Crippen LogP) is 1.85. The zero-order valence-electron chi connectivity index (χ0n) is 13.4. The molecule has 0 aliphatic heterocycles. The van der Waals surface area contributed by atoms with E-state index in [4.69, 9.17) is 10.3 Å². The summed E-state index contributed by atoms with van der Waals surface area (Å²) >= 11 is 0. The Labute approximate surface area is 145 Å². The lowest BCUT2D eigenvalue weighted by atomic mass is 10.0. The molecule has 1 heterocycles. The van der Waals surface area contributed by atoms with Crippen LogP contribution in [0.15, 0.2) is 42.6 Å². The van der Waals surface area contributed by atoms with Gasteiger partial charge in [-0.1, -0.05) is 24.0 Å². The second kappa shape index (κ2) is 7.63. The fourth-order valence-corrected chi connectivity index (χ4v) is 2.40. The van der Waals surface area contributed by atoms with E-state index in [0.717, 1.165) is 23.1 Å². The molecule has 1 aromatic carbocycles. The molecule has 2 aromatic rings. The van der Waals surface area contributed by atoms with Crippen molar-refractivity contribution < 1.29 is 15.1 Å². The van der Waals surface area contributed by atoms with Crippen molar-refractivity contribution in [3.05, 3.63) is 53.9 Å². The van der Waals surface area contributed by atoms with Crippen molar-refractivity contribution >= 4 is 5.91 Å². The first-order valence-corrected chi connectivity index (χ1v) is 7.84. The molecule has 5 nitrogen and oxygen atoms in total. The molecule has 0 saturated heterocycles. The first-order valence-electron chi connectivity index (χ1n) is 7.84. The van der Waals surface area contributed by atoms with Crippen LogP contribution in [0.2, 0.25) is 0 Å². The van der Waals surface area contributed by atoms with Gasteiger partial charge in [-0.25, -0.2) is 5.48 Å². The van der Waals surface area contributed by atoms with Crippen molar-refractivity contribution in [2.45, 2.75) is 6.42 Å². The standard InChI is InChI=1S/C20H16N2O3/c23-13-18-11-16(18)4-2-1-3-14-5-7-15(8-6-14)17-9-10-21-19(12-17)20(24)22-25/h5-10,12,16,18,23,25H,11,13H2,(H,22,24)/t16-,18+/m1/s1. The third-order valence-corrected chi connectivity index (χ3v) is 4.00.